The van der Waals surface area contributed by atoms with Gasteiger partial charge in [-0.05, 0) is 56.2 Å². The van der Waals surface area contributed by atoms with Crippen molar-refractivity contribution in [2.45, 2.75) is 44.9 Å². The molecule has 4 nitrogen and oxygen atoms in total. The fourth-order valence-electron chi connectivity index (χ4n) is 3.09. The summed E-state index contributed by atoms with van der Waals surface area (Å²) in [5.74, 6) is 0.0885. The molecule has 1 aromatic carbocycles. The SMILES string of the molecule is Nc1cc2c(cc1NCCC1=CCCCC1)NC(=O)CC2. The van der Waals surface area contributed by atoms with E-state index in [1.54, 1.807) is 5.57 Å². The summed E-state index contributed by atoms with van der Waals surface area (Å²) in [5, 5.41) is 6.33. The van der Waals surface area contributed by atoms with Gasteiger partial charge in [-0.2, -0.15) is 0 Å². The number of allylic oxidation sites excluding steroid dienone is 1. The first kappa shape index (κ1) is 14.0. The zero-order valence-corrected chi connectivity index (χ0v) is 12.4. The molecule has 1 aliphatic carbocycles. The largest absolute Gasteiger partial charge is 0.397 e. The molecule has 4 heteroatoms. The molecule has 0 saturated heterocycles. The van der Waals surface area contributed by atoms with E-state index in [-0.39, 0.29) is 5.91 Å². The molecule has 0 spiro atoms. The van der Waals surface area contributed by atoms with Crippen LogP contribution in [0.5, 0.6) is 0 Å². The summed E-state index contributed by atoms with van der Waals surface area (Å²) in [6.07, 6.45) is 9.88. The number of nitrogen functional groups attached to an aromatic ring is 1. The number of hydrogen-bond acceptors (Lipinski definition) is 3. The number of benzene rings is 1. The number of rotatable bonds is 4. The maximum Gasteiger partial charge on any atom is 0.224 e. The molecule has 1 amide bonds. The average molecular weight is 285 g/mol. The Kier molecular flexibility index (Phi) is 4.13. The van der Waals surface area contributed by atoms with E-state index in [1.165, 1.54) is 25.7 Å². The minimum absolute atomic E-state index is 0.0885. The number of hydrogen-bond donors (Lipinski definition) is 3. The molecule has 0 unspecified atom stereocenters. The van der Waals surface area contributed by atoms with E-state index in [0.717, 1.165) is 42.0 Å². The van der Waals surface area contributed by atoms with Crippen molar-refractivity contribution in [1.29, 1.82) is 0 Å². The predicted molar refractivity (Wildman–Crippen MR) is 87.5 cm³/mol. The first-order valence-corrected chi connectivity index (χ1v) is 7.86. The van der Waals surface area contributed by atoms with Crippen LogP contribution in [-0.4, -0.2) is 12.5 Å². The molecule has 21 heavy (non-hydrogen) atoms. The molecule has 1 aromatic rings. The summed E-state index contributed by atoms with van der Waals surface area (Å²) in [6.45, 7) is 0.892. The molecule has 3 rings (SSSR count). The zero-order valence-electron chi connectivity index (χ0n) is 12.4. The number of amides is 1. The van der Waals surface area contributed by atoms with Crippen LogP contribution in [-0.2, 0) is 11.2 Å². The molecule has 0 atom stereocenters. The number of anilines is 3. The van der Waals surface area contributed by atoms with Gasteiger partial charge in [0.15, 0.2) is 0 Å². The predicted octanol–water partition coefficient (Wildman–Crippen LogP) is 3.46. The third-order valence-electron chi connectivity index (χ3n) is 4.32. The summed E-state index contributed by atoms with van der Waals surface area (Å²) in [4.78, 5) is 11.5. The fraction of sp³-hybridized carbons (Fsp3) is 0.471. The van der Waals surface area contributed by atoms with Gasteiger partial charge in [0.2, 0.25) is 5.91 Å². The van der Waals surface area contributed by atoms with Crippen molar-refractivity contribution in [3.63, 3.8) is 0 Å². The van der Waals surface area contributed by atoms with Crippen LogP contribution in [0, 0.1) is 0 Å². The van der Waals surface area contributed by atoms with Gasteiger partial charge in [0.1, 0.15) is 0 Å². The first-order chi connectivity index (χ1) is 10.2. The molecule has 0 fully saturated rings. The Morgan fingerprint density at radius 1 is 1.19 bits per heavy atom. The quantitative estimate of drug-likeness (QED) is 0.586. The van der Waals surface area contributed by atoms with Gasteiger partial charge in [-0.25, -0.2) is 0 Å². The standard InChI is InChI=1S/C17H23N3O/c18-14-10-13-6-7-17(21)20-15(13)11-16(14)19-9-8-12-4-2-1-3-5-12/h4,10-11,19H,1-3,5-9,18H2,(H,20,21). The minimum atomic E-state index is 0.0885. The molecule has 0 aromatic heterocycles. The van der Waals surface area contributed by atoms with E-state index in [2.05, 4.69) is 16.7 Å². The van der Waals surface area contributed by atoms with E-state index < -0.39 is 0 Å². The van der Waals surface area contributed by atoms with Crippen molar-refractivity contribution >= 4 is 23.0 Å². The second-order valence-electron chi connectivity index (χ2n) is 5.93. The summed E-state index contributed by atoms with van der Waals surface area (Å²) >= 11 is 0. The third kappa shape index (κ3) is 3.38. The van der Waals surface area contributed by atoms with Crippen LogP contribution in [0.3, 0.4) is 0 Å². The van der Waals surface area contributed by atoms with Gasteiger partial charge in [-0.15, -0.1) is 0 Å². The third-order valence-corrected chi connectivity index (χ3v) is 4.32. The highest BCUT2D eigenvalue weighted by molar-refractivity contribution is 5.95. The summed E-state index contributed by atoms with van der Waals surface area (Å²) in [7, 11) is 0. The molecule has 1 heterocycles. The van der Waals surface area contributed by atoms with E-state index in [0.29, 0.717) is 6.42 Å². The van der Waals surface area contributed by atoms with Crippen LogP contribution in [0.4, 0.5) is 17.1 Å². The second-order valence-corrected chi connectivity index (χ2v) is 5.93. The Morgan fingerprint density at radius 2 is 2.10 bits per heavy atom. The fourth-order valence-corrected chi connectivity index (χ4v) is 3.09. The maximum atomic E-state index is 11.5. The van der Waals surface area contributed by atoms with Crippen LogP contribution in [0.15, 0.2) is 23.8 Å². The zero-order chi connectivity index (χ0) is 14.7. The highest BCUT2D eigenvalue weighted by Crippen LogP contribution is 2.31. The normalized spacial score (nSPS) is 17.7. The van der Waals surface area contributed by atoms with Gasteiger partial charge in [-0.1, -0.05) is 11.6 Å². The number of nitrogens with one attached hydrogen (secondary N) is 2. The molecule has 0 radical (unpaired) electrons. The van der Waals surface area contributed by atoms with E-state index in [1.807, 2.05) is 12.1 Å². The molecule has 4 N–H and O–H groups in total. The minimum Gasteiger partial charge on any atom is -0.397 e. The Labute approximate surface area is 125 Å². The van der Waals surface area contributed by atoms with E-state index >= 15 is 0 Å². The van der Waals surface area contributed by atoms with Crippen molar-refractivity contribution in [2.75, 3.05) is 22.9 Å². The monoisotopic (exact) mass is 285 g/mol. The molecule has 112 valence electrons. The summed E-state index contributed by atoms with van der Waals surface area (Å²) < 4.78 is 0. The highest BCUT2D eigenvalue weighted by Gasteiger charge is 2.16. The molecular weight excluding hydrogens is 262 g/mol. The lowest BCUT2D eigenvalue weighted by atomic mass is 9.97. The van der Waals surface area contributed by atoms with Crippen LogP contribution in [0.2, 0.25) is 0 Å². The van der Waals surface area contributed by atoms with Gasteiger partial charge in [0.25, 0.3) is 0 Å². The Morgan fingerprint density at radius 3 is 2.90 bits per heavy atom. The number of fused-ring (bicyclic) bond motifs is 1. The van der Waals surface area contributed by atoms with Crippen LogP contribution < -0.4 is 16.4 Å². The van der Waals surface area contributed by atoms with Crippen molar-refractivity contribution in [3.05, 3.63) is 29.3 Å². The molecule has 2 aliphatic rings. The highest BCUT2D eigenvalue weighted by atomic mass is 16.1. The van der Waals surface area contributed by atoms with Crippen molar-refractivity contribution in [1.82, 2.24) is 0 Å². The molecule has 0 saturated carbocycles. The number of nitrogens with two attached hydrogens (primary N) is 1. The number of aryl methyl sites for hydroxylation is 1. The molecular formula is C17H23N3O. The molecule has 1 aliphatic heterocycles. The van der Waals surface area contributed by atoms with Crippen molar-refractivity contribution in [2.24, 2.45) is 0 Å². The van der Waals surface area contributed by atoms with Crippen molar-refractivity contribution in [3.8, 4) is 0 Å². The van der Waals surface area contributed by atoms with Gasteiger partial charge >= 0.3 is 0 Å². The van der Waals surface area contributed by atoms with E-state index in [4.69, 9.17) is 5.73 Å². The van der Waals surface area contributed by atoms with Crippen LogP contribution in [0.25, 0.3) is 0 Å². The van der Waals surface area contributed by atoms with E-state index in [9.17, 15) is 4.79 Å². The average Bonchev–Trinajstić information content (AvgIpc) is 2.49. The molecule has 0 bridgehead atoms. The van der Waals surface area contributed by atoms with Crippen LogP contribution in [0.1, 0.15) is 44.1 Å². The lowest BCUT2D eigenvalue weighted by molar-refractivity contribution is -0.116. The first-order valence-electron chi connectivity index (χ1n) is 7.86. The van der Waals surface area contributed by atoms with Gasteiger partial charge < -0.3 is 16.4 Å². The van der Waals surface area contributed by atoms with Crippen LogP contribution >= 0.6 is 0 Å². The maximum absolute atomic E-state index is 11.5. The Hall–Kier alpha value is -1.97. The van der Waals surface area contributed by atoms with Gasteiger partial charge in [-0.3, -0.25) is 4.79 Å². The lowest BCUT2D eigenvalue weighted by Crippen LogP contribution is -2.19. The Balaban J connectivity index is 1.63. The smallest absolute Gasteiger partial charge is 0.224 e. The Bertz CT molecular complexity index is 578. The van der Waals surface area contributed by atoms with Gasteiger partial charge in [0.05, 0.1) is 11.4 Å². The number of carbonyl (C=O) groups is 1. The van der Waals surface area contributed by atoms with Gasteiger partial charge in [0, 0.05) is 18.7 Å². The lowest BCUT2D eigenvalue weighted by Gasteiger charge is -2.20. The second kappa shape index (κ2) is 6.20. The number of carbonyl (C=O) groups excluding carboxylic acids is 1. The topological polar surface area (TPSA) is 67.2 Å². The summed E-state index contributed by atoms with van der Waals surface area (Å²) in [5.41, 5.74) is 11.4. The summed E-state index contributed by atoms with van der Waals surface area (Å²) in [6, 6.07) is 3.95. The van der Waals surface area contributed by atoms with Crippen molar-refractivity contribution < 1.29 is 4.79 Å².